The van der Waals surface area contributed by atoms with Gasteiger partial charge in [0.15, 0.2) is 5.96 Å². The molecule has 0 aliphatic heterocycles. The molecule has 0 spiro atoms. The second kappa shape index (κ2) is 21.5. The van der Waals surface area contributed by atoms with Crippen LogP contribution in [0.4, 0.5) is 0 Å². The number of para-hydroxylation sites is 1. The first kappa shape index (κ1) is 45.4. The Kier molecular flexibility index (Phi) is 16.0. The minimum absolute atomic E-state index is 0.0381. The minimum atomic E-state index is -1.34. The molecule has 16 nitrogen and oxygen atoms in total. The number of aliphatic imine (C=N–C) groups is 1. The molecule has 324 valence electrons. The monoisotopic (exact) mass is 834 g/mol. The van der Waals surface area contributed by atoms with Crippen LogP contribution in [0.3, 0.4) is 0 Å². The van der Waals surface area contributed by atoms with Crippen LogP contribution < -0.4 is 43.8 Å². The van der Waals surface area contributed by atoms with Crippen LogP contribution in [-0.4, -0.2) is 83.1 Å². The highest BCUT2D eigenvalue weighted by atomic mass is 16.2. The van der Waals surface area contributed by atoms with Crippen LogP contribution in [0.1, 0.15) is 73.3 Å². The lowest BCUT2D eigenvalue weighted by Gasteiger charge is -2.39. The van der Waals surface area contributed by atoms with Gasteiger partial charge in [0.1, 0.15) is 23.7 Å². The van der Waals surface area contributed by atoms with E-state index in [2.05, 4.69) is 36.6 Å². The largest absolute Gasteiger partial charge is 0.370 e. The Balaban J connectivity index is 1.44. The highest BCUT2D eigenvalue weighted by Gasteiger charge is 2.44. The summed E-state index contributed by atoms with van der Waals surface area (Å²) in [5.41, 5.74) is 20.6. The van der Waals surface area contributed by atoms with Crippen LogP contribution in [0, 0.1) is 6.92 Å². The van der Waals surface area contributed by atoms with E-state index in [1.807, 2.05) is 86.6 Å². The number of hydrogen-bond donors (Lipinski definition) is 9. The molecule has 0 fully saturated rings. The molecule has 61 heavy (non-hydrogen) atoms. The lowest BCUT2D eigenvalue weighted by molar-refractivity contribution is -0.137. The summed E-state index contributed by atoms with van der Waals surface area (Å²) in [4.78, 5) is 89.2. The van der Waals surface area contributed by atoms with Crippen molar-refractivity contribution < 1.29 is 28.8 Å². The van der Waals surface area contributed by atoms with Crippen molar-refractivity contribution in [2.24, 2.45) is 22.2 Å². The molecule has 1 unspecified atom stereocenters. The number of guanidine groups is 1. The van der Waals surface area contributed by atoms with E-state index in [-0.39, 0.29) is 56.9 Å². The topological polar surface area (TPSA) is 269 Å². The number of carbonyl (C=O) groups is 6. The van der Waals surface area contributed by atoms with Gasteiger partial charge in [-0.05, 0) is 72.9 Å². The summed E-state index contributed by atoms with van der Waals surface area (Å²) in [6.45, 7) is 3.70. The number of nitrogens with two attached hydrogens (primary N) is 3. The van der Waals surface area contributed by atoms with Gasteiger partial charge in [0, 0.05) is 49.3 Å². The number of primary amides is 1. The van der Waals surface area contributed by atoms with Crippen molar-refractivity contribution >= 4 is 52.3 Å². The van der Waals surface area contributed by atoms with Crippen LogP contribution in [0.2, 0.25) is 0 Å². The molecular weight excluding hydrogens is 777 g/mol. The number of nitrogens with one attached hydrogen (secondary N) is 6. The van der Waals surface area contributed by atoms with Gasteiger partial charge in [-0.15, -0.1) is 0 Å². The van der Waals surface area contributed by atoms with Crippen LogP contribution in [0.5, 0.6) is 0 Å². The first-order chi connectivity index (χ1) is 29.3. The van der Waals surface area contributed by atoms with Crippen molar-refractivity contribution in [1.29, 1.82) is 0 Å². The molecule has 0 saturated carbocycles. The third-order valence-corrected chi connectivity index (χ3v) is 11.0. The van der Waals surface area contributed by atoms with Crippen molar-refractivity contribution in [2.45, 2.75) is 102 Å². The number of amides is 6. The molecule has 0 saturated heterocycles. The molecule has 3 aromatic carbocycles. The average Bonchev–Trinajstić information content (AvgIpc) is 3.65. The number of aromatic nitrogens is 1. The number of H-pyrrole nitrogens is 1. The van der Waals surface area contributed by atoms with Gasteiger partial charge in [-0.1, -0.05) is 80.1 Å². The smallest absolute Gasteiger partial charge is 0.246 e. The van der Waals surface area contributed by atoms with Gasteiger partial charge in [-0.25, -0.2) is 0 Å². The van der Waals surface area contributed by atoms with E-state index < -0.39 is 59.7 Å². The molecule has 4 atom stereocenters. The molecule has 0 bridgehead atoms. The van der Waals surface area contributed by atoms with E-state index >= 15 is 0 Å². The van der Waals surface area contributed by atoms with Crippen LogP contribution in [-0.2, 0) is 54.5 Å². The maximum Gasteiger partial charge on any atom is 0.246 e. The predicted octanol–water partition coefficient (Wildman–Crippen LogP) is 1.61. The molecule has 12 N–H and O–H groups in total. The van der Waals surface area contributed by atoms with Gasteiger partial charge in [0.25, 0.3) is 0 Å². The molecule has 1 aromatic heterocycles. The van der Waals surface area contributed by atoms with Gasteiger partial charge in [0.05, 0.1) is 6.54 Å². The summed E-state index contributed by atoms with van der Waals surface area (Å²) in [7, 11) is 0. The molecule has 0 radical (unpaired) electrons. The summed E-state index contributed by atoms with van der Waals surface area (Å²) < 4.78 is 0. The van der Waals surface area contributed by atoms with Crippen molar-refractivity contribution in [1.82, 2.24) is 31.6 Å². The average molecular weight is 835 g/mol. The van der Waals surface area contributed by atoms with Crippen LogP contribution >= 0.6 is 0 Å². The molecule has 5 rings (SSSR count). The maximum atomic E-state index is 14.7. The summed E-state index contributed by atoms with van der Waals surface area (Å²) in [5.74, 6) is -3.69. The molecular formula is C45H58N10O6. The highest BCUT2D eigenvalue weighted by Crippen LogP contribution is 2.32. The summed E-state index contributed by atoms with van der Waals surface area (Å²) in [6, 6.07) is 18.9. The van der Waals surface area contributed by atoms with Gasteiger partial charge >= 0.3 is 0 Å². The number of rotatable bonds is 21. The van der Waals surface area contributed by atoms with Crippen molar-refractivity contribution in [3.8, 4) is 0 Å². The zero-order valence-electron chi connectivity index (χ0n) is 34.9. The quantitative estimate of drug-likeness (QED) is 0.0337. The number of hydrogen-bond acceptors (Lipinski definition) is 7. The summed E-state index contributed by atoms with van der Waals surface area (Å²) in [5, 5.41) is 15.0. The Morgan fingerprint density at radius 2 is 1.51 bits per heavy atom. The maximum absolute atomic E-state index is 14.7. The molecule has 1 aliphatic carbocycles. The van der Waals surface area contributed by atoms with Gasteiger partial charge in [-0.2, -0.15) is 0 Å². The van der Waals surface area contributed by atoms with E-state index in [1.54, 1.807) is 6.20 Å². The van der Waals surface area contributed by atoms with Crippen molar-refractivity contribution in [3.63, 3.8) is 0 Å². The Hall–Kier alpha value is -6.71. The molecule has 6 amide bonds. The summed E-state index contributed by atoms with van der Waals surface area (Å²) in [6.07, 6.45) is 4.96. The van der Waals surface area contributed by atoms with Gasteiger partial charge in [-0.3, -0.25) is 33.8 Å². The van der Waals surface area contributed by atoms with Crippen molar-refractivity contribution in [3.05, 3.63) is 107 Å². The lowest BCUT2D eigenvalue weighted by atomic mass is 9.75. The van der Waals surface area contributed by atoms with E-state index in [0.717, 1.165) is 45.1 Å². The van der Waals surface area contributed by atoms with E-state index in [0.29, 0.717) is 19.3 Å². The number of fused-ring (bicyclic) bond motifs is 2. The number of aryl methyl sites for hydroxylation is 1. The normalized spacial score (nSPS) is 15.9. The standard InChI is InChI=1S/C45H58N10O6/c1-3-4-19-39(57)55-45(21-20-32-28(2)12-10-15-30(32)25-45)43(61)54-36(23-29-13-6-5-7-14-29)42(60)52-35(18-11-22-49-44(47)48)41(59)53-37(40(58)51-27-38(46)56)24-31-26-50-34-17-9-8-16-33(31)34/h5-10,12-17,26,35-37,50H,3-4,11,18-25,27H2,1-2H3,(H2,46,56)(H,51,58)(H,52,60)(H,53,59)(H,54,61)(H,55,57)(H4,47,48,49)/t35-,36+,37-,45?/m0/s1. The van der Waals surface area contributed by atoms with Crippen LogP contribution in [0.15, 0.2) is 84.0 Å². The molecule has 1 aliphatic rings. The molecule has 1 heterocycles. The number of benzene rings is 3. The van der Waals surface area contributed by atoms with Crippen LogP contribution in [0.25, 0.3) is 10.9 Å². The molecule has 4 aromatic rings. The lowest BCUT2D eigenvalue weighted by Crippen LogP contribution is -2.65. The van der Waals surface area contributed by atoms with E-state index in [4.69, 9.17) is 17.2 Å². The SMILES string of the molecule is CCCCC(=O)NC1(C(=O)N[C@H](Cc2ccccc2)C(=O)N[C@@H](CCCN=C(N)N)C(=O)N[C@@H](Cc2c[nH]c3ccccc23)C(=O)NCC(N)=O)CCc2c(C)cccc2C1. The summed E-state index contributed by atoms with van der Waals surface area (Å²) >= 11 is 0. The fourth-order valence-electron chi connectivity index (χ4n) is 7.76. The minimum Gasteiger partial charge on any atom is -0.370 e. The first-order valence-corrected chi connectivity index (χ1v) is 20.8. The number of nitrogens with zero attached hydrogens (tertiary/aromatic N) is 1. The number of unbranched alkanes of at least 4 members (excludes halogenated alkanes) is 1. The van der Waals surface area contributed by atoms with Gasteiger partial charge < -0.3 is 48.8 Å². The Labute approximate surface area is 355 Å². The number of carbonyl (C=O) groups excluding carboxylic acids is 6. The second-order valence-corrected chi connectivity index (χ2v) is 15.7. The third-order valence-electron chi connectivity index (χ3n) is 11.0. The van der Waals surface area contributed by atoms with E-state index in [9.17, 15) is 28.8 Å². The Bertz CT molecular complexity index is 2220. The predicted molar refractivity (Wildman–Crippen MR) is 234 cm³/mol. The van der Waals surface area contributed by atoms with Gasteiger partial charge in [0.2, 0.25) is 35.4 Å². The zero-order valence-corrected chi connectivity index (χ0v) is 34.9. The highest BCUT2D eigenvalue weighted by molar-refractivity contribution is 5.98. The second-order valence-electron chi connectivity index (χ2n) is 15.7. The third kappa shape index (κ3) is 12.6. The Morgan fingerprint density at radius 3 is 2.25 bits per heavy atom. The number of aromatic amines is 1. The Morgan fingerprint density at radius 1 is 0.803 bits per heavy atom. The fourth-order valence-corrected chi connectivity index (χ4v) is 7.76. The molecule has 16 heteroatoms. The first-order valence-electron chi connectivity index (χ1n) is 20.8. The zero-order chi connectivity index (χ0) is 43.9. The fraction of sp³-hybridized carbons (Fsp3) is 0.400. The van der Waals surface area contributed by atoms with Crippen molar-refractivity contribution in [2.75, 3.05) is 13.1 Å². The van der Waals surface area contributed by atoms with E-state index in [1.165, 1.54) is 0 Å².